The molecule has 4 aliphatic rings. The third-order valence-electron chi connectivity index (χ3n) is 6.95. The van der Waals surface area contributed by atoms with Crippen LogP contribution < -0.4 is 25.4 Å². The van der Waals surface area contributed by atoms with Crippen molar-refractivity contribution in [3.63, 3.8) is 0 Å². The molecule has 11 heteroatoms. The summed E-state index contributed by atoms with van der Waals surface area (Å²) in [7, 11) is 3.10. The second-order valence-electron chi connectivity index (χ2n) is 9.69. The van der Waals surface area contributed by atoms with Gasteiger partial charge in [0.25, 0.3) is 0 Å². The molecule has 37 heavy (non-hydrogen) atoms. The van der Waals surface area contributed by atoms with Gasteiger partial charge in [0.2, 0.25) is 5.91 Å². The van der Waals surface area contributed by atoms with E-state index in [4.69, 9.17) is 42.4 Å². The smallest absolute Gasteiger partial charge is 0.217 e. The van der Waals surface area contributed by atoms with Crippen LogP contribution in [-0.4, -0.2) is 64.0 Å². The van der Waals surface area contributed by atoms with Crippen LogP contribution in [0.1, 0.15) is 25.3 Å². The van der Waals surface area contributed by atoms with Crippen LogP contribution in [0, 0.1) is 17.8 Å². The lowest BCUT2D eigenvalue weighted by Crippen LogP contribution is -2.48. The summed E-state index contributed by atoms with van der Waals surface area (Å²) in [5.41, 5.74) is 1.20. The molecule has 9 nitrogen and oxygen atoms in total. The van der Waals surface area contributed by atoms with E-state index in [1.54, 1.807) is 20.3 Å². The first-order chi connectivity index (χ1) is 17.9. The number of rotatable bonds is 8. The first-order valence-electron chi connectivity index (χ1n) is 12.4. The minimum atomic E-state index is -0.113. The molecule has 198 valence electrons. The van der Waals surface area contributed by atoms with Crippen molar-refractivity contribution in [2.45, 2.75) is 31.8 Å². The average Bonchev–Trinajstić information content (AvgIpc) is 3.62. The predicted octanol–water partition coefficient (Wildman–Crippen LogP) is 3.41. The number of nitrogens with one attached hydrogen (secondary N) is 3. The molecule has 1 saturated heterocycles. The molecule has 3 N–H and O–H groups in total. The fraction of sp³-hybridized carbons (Fsp3) is 0.500. The van der Waals surface area contributed by atoms with Crippen LogP contribution in [0.2, 0.25) is 10.0 Å². The summed E-state index contributed by atoms with van der Waals surface area (Å²) < 4.78 is 16.5. The van der Waals surface area contributed by atoms with Crippen LogP contribution in [0.25, 0.3) is 5.70 Å². The Kier molecular flexibility index (Phi) is 7.65. The summed E-state index contributed by atoms with van der Waals surface area (Å²) in [5.74, 6) is 2.94. The molecule has 5 rings (SSSR count). The number of allylic oxidation sites excluding steroid dienone is 1. The Labute approximate surface area is 226 Å². The Hall–Kier alpha value is -2.75. The zero-order valence-corrected chi connectivity index (χ0v) is 22.5. The molecule has 1 aromatic rings. The summed E-state index contributed by atoms with van der Waals surface area (Å²) in [5, 5.41) is 10.7. The number of aliphatic imine (C=N–C) groups is 2. The summed E-state index contributed by atoms with van der Waals surface area (Å²) in [4.78, 5) is 21.3. The van der Waals surface area contributed by atoms with Gasteiger partial charge in [-0.2, -0.15) is 0 Å². The van der Waals surface area contributed by atoms with E-state index in [-0.39, 0.29) is 29.8 Å². The Morgan fingerprint density at radius 1 is 1.11 bits per heavy atom. The predicted molar refractivity (Wildman–Crippen MR) is 145 cm³/mol. The maximum atomic E-state index is 11.6. The largest absolute Gasteiger partial charge is 0.495 e. The highest BCUT2D eigenvalue weighted by molar-refractivity contribution is 6.39. The molecule has 2 unspecified atom stereocenters. The van der Waals surface area contributed by atoms with Crippen molar-refractivity contribution in [1.82, 2.24) is 16.0 Å². The van der Waals surface area contributed by atoms with Gasteiger partial charge in [-0.15, -0.1) is 0 Å². The Morgan fingerprint density at radius 3 is 2.46 bits per heavy atom. The lowest BCUT2D eigenvalue weighted by Gasteiger charge is -2.31. The number of amides is 1. The molecule has 0 bridgehead atoms. The number of carbonyl (C=O) groups is 1. The molecule has 1 amide bonds. The van der Waals surface area contributed by atoms with Crippen molar-refractivity contribution in [2.24, 2.45) is 27.7 Å². The Balaban J connectivity index is 1.45. The third-order valence-corrected chi connectivity index (χ3v) is 7.70. The molecular weight excluding hydrogens is 517 g/mol. The fourth-order valence-electron chi connectivity index (χ4n) is 4.77. The second-order valence-corrected chi connectivity index (χ2v) is 10.4. The molecule has 3 aliphatic heterocycles. The van der Waals surface area contributed by atoms with Crippen molar-refractivity contribution in [1.29, 1.82) is 0 Å². The van der Waals surface area contributed by atoms with Crippen molar-refractivity contribution in [2.75, 3.05) is 34.0 Å². The van der Waals surface area contributed by atoms with Gasteiger partial charge >= 0.3 is 0 Å². The lowest BCUT2D eigenvalue weighted by atomic mass is 9.86. The van der Waals surface area contributed by atoms with E-state index < -0.39 is 0 Å². The van der Waals surface area contributed by atoms with Crippen LogP contribution in [0.4, 0.5) is 0 Å². The summed E-state index contributed by atoms with van der Waals surface area (Å²) in [6.45, 7) is 3.32. The van der Waals surface area contributed by atoms with Crippen LogP contribution >= 0.6 is 23.2 Å². The normalized spacial score (nSPS) is 26.5. The van der Waals surface area contributed by atoms with Gasteiger partial charge in [-0.3, -0.25) is 4.79 Å². The number of hydrogen-bond acceptors (Lipinski definition) is 8. The maximum absolute atomic E-state index is 11.6. The molecule has 0 aromatic heterocycles. The van der Waals surface area contributed by atoms with Gasteiger partial charge in [0, 0.05) is 43.1 Å². The molecule has 0 radical (unpaired) electrons. The zero-order chi connectivity index (χ0) is 26.1. The van der Waals surface area contributed by atoms with Crippen molar-refractivity contribution >= 4 is 46.9 Å². The fourth-order valence-corrected chi connectivity index (χ4v) is 5.46. The van der Waals surface area contributed by atoms with Gasteiger partial charge in [0.15, 0.2) is 0 Å². The number of amidine groups is 1. The van der Waals surface area contributed by atoms with E-state index in [1.165, 1.54) is 19.8 Å². The highest BCUT2D eigenvalue weighted by atomic mass is 35.5. The van der Waals surface area contributed by atoms with Crippen LogP contribution in [0.5, 0.6) is 11.5 Å². The molecule has 1 aliphatic carbocycles. The molecule has 2 fully saturated rings. The number of carbonyl (C=O) groups excluding carboxylic acids is 1. The van der Waals surface area contributed by atoms with Gasteiger partial charge in [0.1, 0.15) is 23.2 Å². The van der Waals surface area contributed by atoms with E-state index in [9.17, 15) is 4.79 Å². The van der Waals surface area contributed by atoms with Gasteiger partial charge in [-0.1, -0.05) is 23.2 Å². The first kappa shape index (κ1) is 25.9. The topological polar surface area (TPSA) is 106 Å². The number of benzene rings is 1. The minimum absolute atomic E-state index is 0.0471. The van der Waals surface area contributed by atoms with Gasteiger partial charge in [0.05, 0.1) is 55.3 Å². The molecular formula is C26H31Cl2N5O4. The maximum Gasteiger partial charge on any atom is 0.217 e. The van der Waals surface area contributed by atoms with E-state index >= 15 is 0 Å². The van der Waals surface area contributed by atoms with Crippen LogP contribution in [0.15, 0.2) is 34.0 Å². The number of nitrogens with zero attached hydrogens (tertiary/aromatic N) is 2. The van der Waals surface area contributed by atoms with Gasteiger partial charge in [-0.05, 0) is 30.9 Å². The summed E-state index contributed by atoms with van der Waals surface area (Å²) >= 11 is 13.4. The monoisotopic (exact) mass is 547 g/mol. The van der Waals surface area contributed by atoms with Crippen molar-refractivity contribution in [3.05, 3.63) is 39.6 Å². The van der Waals surface area contributed by atoms with E-state index in [2.05, 4.69) is 27.0 Å². The van der Waals surface area contributed by atoms with Crippen LogP contribution in [0.3, 0.4) is 0 Å². The third kappa shape index (κ3) is 5.58. The quantitative estimate of drug-likeness (QED) is 0.460. The standard InChI is InChI=1S/C26H31Cl2N5O4/c1-13(34)31-18-11-37-12-19(18)32-22-7-16-15(10-29-22)6-17(33-26(16)30-9-14-4-5-14)23-24(27)20(35-2)8-21(36-3)25(23)28/h6-8,10,14-16,18-19,32H,4-5,9,11-12H2,1-3H3,(H,30,33)(H,31,34)/t15?,16?,18-,19+/m0/s1. The number of halogens is 2. The number of hydrogen-bond donors (Lipinski definition) is 3. The van der Waals surface area contributed by atoms with Crippen molar-refractivity contribution in [3.8, 4) is 11.5 Å². The molecule has 4 atom stereocenters. The Morgan fingerprint density at radius 2 is 1.81 bits per heavy atom. The van der Waals surface area contributed by atoms with Crippen LogP contribution in [-0.2, 0) is 9.53 Å². The summed E-state index contributed by atoms with van der Waals surface area (Å²) in [6, 6.07) is 1.48. The van der Waals surface area contributed by atoms with E-state index in [0.717, 1.165) is 18.2 Å². The second kappa shape index (κ2) is 10.9. The van der Waals surface area contributed by atoms with E-state index in [1.807, 2.05) is 12.3 Å². The molecule has 3 heterocycles. The summed E-state index contributed by atoms with van der Waals surface area (Å²) in [6.07, 6.45) is 8.45. The average molecular weight is 548 g/mol. The van der Waals surface area contributed by atoms with Gasteiger partial charge < -0.3 is 30.2 Å². The SMILES string of the molecule is COc1cc(OC)c(Cl)c(C2=CC3C=NC(N[C@@H]4COC[C@@H]4NC(C)=O)=CC3C(NCC3CC3)=N2)c1Cl. The van der Waals surface area contributed by atoms with Gasteiger partial charge in [-0.25, -0.2) is 9.98 Å². The Bertz CT molecular complexity index is 1170. The highest BCUT2D eigenvalue weighted by Gasteiger charge is 2.35. The zero-order valence-electron chi connectivity index (χ0n) is 21.0. The van der Waals surface area contributed by atoms with E-state index in [0.29, 0.717) is 51.9 Å². The first-order valence-corrected chi connectivity index (χ1v) is 13.2. The molecule has 1 aromatic carbocycles. The van der Waals surface area contributed by atoms with Crippen molar-refractivity contribution < 1.29 is 19.0 Å². The molecule has 1 saturated carbocycles. The minimum Gasteiger partial charge on any atom is -0.495 e. The molecule has 0 spiro atoms. The highest BCUT2D eigenvalue weighted by Crippen LogP contribution is 2.45. The lowest BCUT2D eigenvalue weighted by molar-refractivity contribution is -0.119. The number of ether oxygens (including phenoxy) is 3. The number of fused-ring (bicyclic) bond motifs is 1. The number of methoxy groups -OCH3 is 2.